The predicted octanol–water partition coefficient (Wildman–Crippen LogP) is 0.860. The zero-order valence-corrected chi connectivity index (χ0v) is 12.2. The number of carbonyl (C=O) groups excluding carboxylic acids is 1. The van der Waals surface area contributed by atoms with Gasteiger partial charge in [-0.05, 0) is 18.9 Å². The number of hydrogen-bond acceptors (Lipinski definition) is 4. The maximum Gasteiger partial charge on any atom is 0.268 e. The summed E-state index contributed by atoms with van der Waals surface area (Å²) in [6.07, 6.45) is 3.05. The lowest BCUT2D eigenvalue weighted by Gasteiger charge is -2.34. The van der Waals surface area contributed by atoms with Gasteiger partial charge in [0.25, 0.3) is 15.0 Å². The van der Waals surface area contributed by atoms with Gasteiger partial charge in [-0.2, -0.15) is 0 Å². The topological polar surface area (TPSA) is 77.4 Å². The molecule has 0 spiro atoms. The molecule has 2 rings (SSSR count). The van der Waals surface area contributed by atoms with E-state index in [-0.39, 0.29) is 28.6 Å². The van der Waals surface area contributed by atoms with Crippen LogP contribution in [-0.2, 0) is 20.8 Å². The summed E-state index contributed by atoms with van der Waals surface area (Å²) >= 11 is 0. The lowest BCUT2D eigenvalue weighted by Crippen LogP contribution is -2.47. The van der Waals surface area contributed by atoms with Crippen molar-refractivity contribution in [2.24, 2.45) is 7.05 Å². The molecule has 0 aromatic carbocycles. The van der Waals surface area contributed by atoms with E-state index in [1.807, 2.05) is 0 Å². The van der Waals surface area contributed by atoms with Gasteiger partial charge >= 0.3 is 0 Å². The quantitative estimate of drug-likeness (QED) is 0.837. The Morgan fingerprint density at radius 1 is 1.53 bits per heavy atom. The van der Waals surface area contributed by atoms with E-state index in [1.165, 1.54) is 16.8 Å². The molecule has 0 atom stereocenters. The molecule has 0 bridgehead atoms. The molecule has 0 unspecified atom stereocenters. The summed E-state index contributed by atoms with van der Waals surface area (Å²) in [6.45, 7) is 0. The lowest BCUT2D eigenvalue weighted by atomic mass is 9.89. The highest BCUT2D eigenvalue weighted by molar-refractivity contribution is 8.13. The summed E-state index contributed by atoms with van der Waals surface area (Å²) in [5.41, 5.74) is 0.264. The Kier molecular flexibility index (Phi) is 3.89. The number of nitrogens with one attached hydrogen (secondary N) is 1. The maximum absolute atomic E-state index is 12.0. The van der Waals surface area contributed by atoms with E-state index in [1.54, 1.807) is 14.2 Å². The van der Waals surface area contributed by atoms with Crippen LogP contribution in [0.3, 0.4) is 0 Å². The minimum Gasteiger partial charge on any atom is -0.381 e. The maximum atomic E-state index is 12.0. The molecular weight excluding hydrogens is 292 g/mol. The normalized spacial score (nSPS) is 22.9. The lowest BCUT2D eigenvalue weighted by molar-refractivity contribution is 0.0175. The van der Waals surface area contributed by atoms with Crippen LogP contribution in [0, 0.1) is 0 Å². The molecule has 0 aliphatic heterocycles. The number of nitrogens with zero attached hydrogens (tertiary/aromatic N) is 1. The monoisotopic (exact) mass is 306 g/mol. The van der Waals surface area contributed by atoms with Crippen LogP contribution in [0.1, 0.15) is 23.3 Å². The first-order chi connectivity index (χ1) is 8.81. The van der Waals surface area contributed by atoms with Gasteiger partial charge in [0.2, 0.25) is 0 Å². The summed E-state index contributed by atoms with van der Waals surface area (Å²) < 4.78 is 29.0. The summed E-state index contributed by atoms with van der Waals surface area (Å²) in [6, 6.07) is 1.34. The van der Waals surface area contributed by atoms with Crippen molar-refractivity contribution in [3.05, 3.63) is 18.0 Å². The molecule has 1 fully saturated rings. The van der Waals surface area contributed by atoms with E-state index < -0.39 is 9.05 Å². The highest BCUT2D eigenvalue weighted by Crippen LogP contribution is 2.23. The molecule has 1 aliphatic rings. The number of aromatic nitrogens is 1. The van der Waals surface area contributed by atoms with Gasteiger partial charge in [0.05, 0.1) is 6.10 Å². The van der Waals surface area contributed by atoms with E-state index in [2.05, 4.69) is 5.32 Å². The summed E-state index contributed by atoms with van der Waals surface area (Å²) in [5, 5.41) is 2.82. The van der Waals surface area contributed by atoms with Crippen molar-refractivity contribution >= 4 is 25.6 Å². The first-order valence-electron chi connectivity index (χ1n) is 5.76. The third-order valence-corrected chi connectivity index (χ3v) is 4.58. The molecule has 1 aromatic rings. The second-order valence-corrected chi connectivity index (χ2v) is 7.18. The number of hydrogen-bond donors (Lipinski definition) is 1. The molecule has 1 amide bonds. The Bertz CT molecular complexity index is 590. The Morgan fingerprint density at radius 2 is 2.16 bits per heavy atom. The molecule has 1 aromatic heterocycles. The standard InChI is InChI=1S/C11H15ClN2O4S/c1-14-6-9(19(12,16)17)5-10(14)11(15)13-7-3-8(4-7)18-2/h5-8H,3-4H2,1-2H3,(H,13,15). The van der Waals surface area contributed by atoms with Crippen LogP contribution in [0.15, 0.2) is 17.2 Å². The van der Waals surface area contributed by atoms with Gasteiger partial charge in [0.1, 0.15) is 10.6 Å². The van der Waals surface area contributed by atoms with Crippen LogP contribution >= 0.6 is 10.7 Å². The van der Waals surface area contributed by atoms with Gasteiger partial charge in [-0.25, -0.2) is 8.42 Å². The van der Waals surface area contributed by atoms with Gasteiger partial charge < -0.3 is 14.6 Å². The third-order valence-electron chi connectivity index (χ3n) is 3.26. The van der Waals surface area contributed by atoms with Gasteiger partial charge in [-0.3, -0.25) is 4.79 Å². The Hall–Kier alpha value is -1.05. The van der Waals surface area contributed by atoms with Gasteiger partial charge in [-0.1, -0.05) is 0 Å². The molecule has 1 heterocycles. The number of halogens is 1. The highest BCUT2D eigenvalue weighted by Gasteiger charge is 2.31. The number of carbonyl (C=O) groups is 1. The fourth-order valence-electron chi connectivity index (χ4n) is 2.03. The van der Waals surface area contributed by atoms with Crippen LogP contribution in [0.2, 0.25) is 0 Å². The van der Waals surface area contributed by atoms with Crippen LogP contribution in [0.5, 0.6) is 0 Å². The average Bonchev–Trinajstić information content (AvgIpc) is 2.64. The molecule has 0 radical (unpaired) electrons. The fraction of sp³-hybridized carbons (Fsp3) is 0.545. The molecule has 106 valence electrons. The highest BCUT2D eigenvalue weighted by atomic mass is 35.7. The number of methoxy groups -OCH3 is 1. The molecule has 1 aliphatic carbocycles. The van der Waals surface area contributed by atoms with Crippen LogP contribution in [0.25, 0.3) is 0 Å². The minimum atomic E-state index is -3.82. The van der Waals surface area contributed by atoms with Crippen LogP contribution in [-0.4, -0.2) is 38.1 Å². The molecule has 1 saturated carbocycles. The second-order valence-electron chi connectivity index (χ2n) is 4.61. The van der Waals surface area contributed by atoms with E-state index >= 15 is 0 Å². The van der Waals surface area contributed by atoms with Crippen molar-refractivity contribution in [2.45, 2.75) is 29.9 Å². The molecule has 1 N–H and O–H groups in total. The summed E-state index contributed by atoms with van der Waals surface area (Å²) in [5.74, 6) is -0.311. The first-order valence-corrected chi connectivity index (χ1v) is 8.07. The van der Waals surface area contributed by atoms with Gasteiger partial charge in [0, 0.05) is 37.1 Å². The number of amides is 1. The largest absolute Gasteiger partial charge is 0.381 e. The molecule has 0 saturated heterocycles. The molecule has 8 heteroatoms. The van der Waals surface area contributed by atoms with Gasteiger partial charge in [-0.15, -0.1) is 0 Å². The van der Waals surface area contributed by atoms with Crippen molar-refractivity contribution in [3.8, 4) is 0 Å². The predicted molar refractivity (Wildman–Crippen MR) is 69.7 cm³/mol. The fourth-order valence-corrected chi connectivity index (χ4v) is 2.82. The zero-order valence-electron chi connectivity index (χ0n) is 10.6. The second kappa shape index (κ2) is 5.15. The first kappa shape index (κ1) is 14.4. The van der Waals surface area contributed by atoms with Crippen LogP contribution < -0.4 is 5.32 Å². The number of rotatable bonds is 4. The SMILES string of the molecule is COC1CC(NC(=O)c2cc(S(=O)(=O)Cl)cn2C)C1. The zero-order chi connectivity index (χ0) is 14.2. The van der Waals surface area contributed by atoms with E-state index in [0.717, 1.165) is 12.8 Å². The molecule has 6 nitrogen and oxygen atoms in total. The Morgan fingerprint density at radius 3 is 2.63 bits per heavy atom. The summed E-state index contributed by atoms with van der Waals surface area (Å²) in [7, 11) is 4.65. The third kappa shape index (κ3) is 3.10. The van der Waals surface area contributed by atoms with E-state index in [9.17, 15) is 13.2 Å². The Labute approximate surface area is 116 Å². The van der Waals surface area contributed by atoms with Crippen molar-refractivity contribution in [2.75, 3.05) is 7.11 Å². The van der Waals surface area contributed by atoms with Crippen molar-refractivity contribution in [3.63, 3.8) is 0 Å². The summed E-state index contributed by atoms with van der Waals surface area (Å²) in [4.78, 5) is 11.9. The van der Waals surface area contributed by atoms with Crippen molar-refractivity contribution in [1.82, 2.24) is 9.88 Å². The van der Waals surface area contributed by atoms with E-state index in [0.29, 0.717) is 0 Å². The smallest absolute Gasteiger partial charge is 0.268 e. The number of ether oxygens (including phenoxy) is 1. The minimum absolute atomic E-state index is 0.0726. The molecule has 19 heavy (non-hydrogen) atoms. The molecular formula is C11H15ClN2O4S. The Balaban J connectivity index is 2.06. The average molecular weight is 307 g/mol. The van der Waals surface area contributed by atoms with Crippen molar-refractivity contribution < 1.29 is 17.9 Å². The number of aryl methyl sites for hydroxylation is 1. The van der Waals surface area contributed by atoms with E-state index in [4.69, 9.17) is 15.4 Å². The van der Waals surface area contributed by atoms with Crippen molar-refractivity contribution in [1.29, 1.82) is 0 Å². The van der Waals surface area contributed by atoms with Crippen LogP contribution in [0.4, 0.5) is 0 Å². The van der Waals surface area contributed by atoms with Gasteiger partial charge in [0.15, 0.2) is 0 Å².